The smallest absolute Gasteiger partial charge is 0.0949 e. The number of nitrogens with zero attached hydrogens (tertiary/aromatic N) is 3. The highest BCUT2D eigenvalue weighted by Gasteiger charge is 2.19. The van der Waals surface area contributed by atoms with Crippen molar-refractivity contribution in [1.82, 2.24) is 19.8 Å². The van der Waals surface area contributed by atoms with Crippen LogP contribution in [0.4, 0.5) is 0 Å². The third kappa shape index (κ3) is 4.60. The quantitative estimate of drug-likeness (QED) is 0.868. The van der Waals surface area contributed by atoms with Gasteiger partial charge >= 0.3 is 0 Å². The summed E-state index contributed by atoms with van der Waals surface area (Å²) in [6, 6.07) is 0.801. The first-order valence-electron chi connectivity index (χ1n) is 7.90. The molecule has 0 aromatic carbocycles. The predicted octanol–water partition coefficient (Wildman–Crippen LogP) is 2.65. The maximum absolute atomic E-state index is 4.30. The molecule has 0 saturated heterocycles. The maximum atomic E-state index is 4.30. The molecule has 1 heterocycles. The summed E-state index contributed by atoms with van der Waals surface area (Å²) in [4.78, 5) is 6.82. The van der Waals surface area contributed by atoms with Crippen LogP contribution in [0, 0.1) is 0 Å². The number of imidazole rings is 1. The first-order valence-corrected chi connectivity index (χ1v) is 7.90. The second-order valence-electron chi connectivity index (χ2n) is 7.10. The summed E-state index contributed by atoms with van der Waals surface area (Å²) in [7, 11) is 2.26. The molecular weight excluding hydrogens is 248 g/mol. The summed E-state index contributed by atoms with van der Waals surface area (Å²) in [6.45, 7) is 9.62. The van der Waals surface area contributed by atoms with Crippen molar-refractivity contribution in [3.63, 3.8) is 0 Å². The molecule has 1 N–H and O–H groups in total. The first kappa shape index (κ1) is 15.5. The number of nitrogens with one attached hydrogen (secondary N) is 1. The van der Waals surface area contributed by atoms with Gasteiger partial charge in [0.15, 0.2) is 0 Å². The van der Waals surface area contributed by atoms with Crippen LogP contribution in [0.2, 0.25) is 0 Å². The molecule has 0 amide bonds. The van der Waals surface area contributed by atoms with Crippen molar-refractivity contribution in [3.05, 3.63) is 18.2 Å². The van der Waals surface area contributed by atoms with Crippen molar-refractivity contribution in [2.75, 3.05) is 13.6 Å². The summed E-state index contributed by atoms with van der Waals surface area (Å²) in [5.74, 6) is 0. The second-order valence-corrected chi connectivity index (χ2v) is 7.10. The van der Waals surface area contributed by atoms with Crippen LogP contribution in [0.3, 0.4) is 0 Å². The fraction of sp³-hybridized carbons (Fsp3) is 0.812. The Labute approximate surface area is 123 Å². The van der Waals surface area contributed by atoms with E-state index in [9.17, 15) is 0 Å². The largest absolute Gasteiger partial charge is 0.332 e. The van der Waals surface area contributed by atoms with Gasteiger partial charge in [-0.3, -0.25) is 0 Å². The summed E-state index contributed by atoms with van der Waals surface area (Å²) in [5.41, 5.74) is 1.43. The average molecular weight is 278 g/mol. The normalized spacial score (nSPS) is 17.2. The van der Waals surface area contributed by atoms with Gasteiger partial charge in [-0.2, -0.15) is 0 Å². The van der Waals surface area contributed by atoms with Gasteiger partial charge in [0.2, 0.25) is 0 Å². The van der Waals surface area contributed by atoms with E-state index in [1.807, 2.05) is 12.5 Å². The monoisotopic (exact) mass is 278 g/mol. The molecule has 0 atom stereocenters. The number of rotatable bonds is 6. The Morgan fingerprint density at radius 3 is 2.70 bits per heavy atom. The number of aromatic nitrogens is 2. The molecule has 0 spiro atoms. The fourth-order valence-electron chi connectivity index (χ4n) is 2.85. The molecule has 1 aliphatic rings. The van der Waals surface area contributed by atoms with Gasteiger partial charge in [0.25, 0.3) is 0 Å². The van der Waals surface area contributed by atoms with Gasteiger partial charge in [0.1, 0.15) is 0 Å². The third-order valence-corrected chi connectivity index (χ3v) is 4.24. The molecule has 4 heteroatoms. The van der Waals surface area contributed by atoms with E-state index in [0.29, 0.717) is 0 Å². The fourth-order valence-corrected chi connectivity index (χ4v) is 2.85. The minimum atomic E-state index is 0.149. The molecule has 0 bridgehead atoms. The Kier molecular flexibility index (Phi) is 5.22. The van der Waals surface area contributed by atoms with Crippen molar-refractivity contribution in [1.29, 1.82) is 0 Å². The molecule has 1 fully saturated rings. The average Bonchev–Trinajstić information content (AvgIpc) is 3.03. The van der Waals surface area contributed by atoms with E-state index < -0.39 is 0 Å². The van der Waals surface area contributed by atoms with Crippen LogP contribution in [0.5, 0.6) is 0 Å². The van der Waals surface area contributed by atoms with Gasteiger partial charge in [-0.15, -0.1) is 0 Å². The zero-order chi connectivity index (χ0) is 14.6. The van der Waals surface area contributed by atoms with Crippen LogP contribution in [-0.2, 0) is 13.1 Å². The van der Waals surface area contributed by atoms with Gasteiger partial charge in [-0.05, 0) is 40.7 Å². The Balaban J connectivity index is 1.82. The lowest BCUT2D eigenvalue weighted by Crippen LogP contribution is -2.36. The molecule has 0 aliphatic heterocycles. The standard InChI is InChI=1S/C16H30N4/c1-16(2,3)18-12-15-11-17-13-20(15)10-9-19(4)14-7-5-6-8-14/h11,13-14,18H,5-10,12H2,1-4H3. The molecule has 4 nitrogen and oxygen atoms in total. The molecule has 0 unspecified atom stereocenters. The molecule has 2 rings (SSSR count). The number of hydrogen-bond donors (Lipinski definition) is 1. The van der Waals surface area contributed by atoms with E-state index in [0.717, 1.165) is 25.7 Å². The third-order valence-electron chi connectivity index (χ3n) is 4.24. The lowest BCUT2D eigenvalue weighted by molar-refractivity contribution is 0.235. The predicted molar refractivity (Wildman–Crippen MR) is 83.7 cm³/mol. The van der Waals surface area contributed by atoms with Gasteiger partial charge < -0.3 is 14.8 Å². The van der Waals surface area contributed by atoms with Crippen molar-refractivity contribution >= 4 is 0 Å². The second kappa shape index (κ2) is 6.72. The van der Waals surface area contributed by atoms with E-state index in [1.165, 1.54) is 31.4 Å². The molecule has 1 aromatic rings. The minimum absolute atomic E-state index is 0.149. The van der Waals surface area contributed by atoms with Gasteiger partial charge in [-0.1, -0.05) is 12.8 Å². The highest BCUT2D eigenvalue weighted by molar-refractivity contribution is 4.99. The molecule has 1 aromatic heterocycles. The van der Waals surface area contributed by atoms with Crippen LogP contribution in [0.25, 0.3) is 0 Å². The van der Waals surface area contributed by atoms with Crippen LogP contribution in [0.15, 0.2) is 12.5 Å². The van der Waals surface area contributed by atoms with Gasteiger partial charge in [-0.25, -0.2) is 4.98 Å². The summed E-state index contributed by atoms with van der Waals surface area (Å²) < 4.78 is 2.28. The number of hydrogen-bond acceptors (Lipinski definition) is 3. The minimum Gasteiger partial charge on any atom is -0.332 e. The molecular formula is C16H30N4. The van der Waals surface area contributed by atoms with Crippen molar-refractivity contribution in [3.8, 4) is 0 Å². The highest BCUT2D eigenvalue weighted by Crippen LogP contribution is 2.22. The maximum Gasteiger partial charge on any atom is 0.0949 e. The van der Waals surface area contributed by atoms with Crippen molar-refractivity contribution in [2.24, 2.45) is 0 Å². The van der Waals surface area contributed by atoms with E-state index in [4.69, 9.17) is 0 Å². The first-order chi connectivity index (χ1) is 9.46. The van der Waals surface area contributed by atoms with E-state index in [-0.39, 0.29) is 5.54 Å². The highest BCUT2D eigenvalue weighted by atomic mass is 15.2. The molecule has 1 saturated carbocycles. The summed E-state index contributed by atoms with van der Waals surface area (Å²) in [5, 5.41) is 3.53. The molecule has 114 valence electrons. The van der Waals surface area contributed by atoms with E-state index in [1.54, 1.807) is 0 Å². The Hall–Kier alpha value is -0.870. The molecule has 20 heavy (non-hydrogen) atoms. The lowest BCUT2D eigenvalue weighted by Gasteiger charge is -2.25. The van der Waals surface area contributed by atoms with Crippen LogP contribution >= 0.6 is 0 Å². The summed E-state index contributed by atoms with van der Waals surface area (Å²) in [6.07, 6.45) is 9.50. The van der Waals surface area contributed by atoms with E-state index in [2.05, 4.69) is 47.6 Å². The zero-order valence-corrected chi connectivity index (χ0v) is 13.5. The molecule has 1 aliphatic carbocycles. The SMILES string of the molecule is CN(CCn1cncc1CNC(C)(C)C)C1CCCC1. The Bertz CT molecular complexity index is 399. The van der Waals surface area contributed by atoms with Crippen molar-refractivity contribution < 1.29 is 0 Å². The summed E-state index contributed by atoms with van der Waals surface area (Å²) >= 11 is 0. The van der Waals surface area contributed by atoms with Crippen LogP contribution in [-0.4, -0.2) is 39.6 Å². The van der Waals surface area contributed by atoms with Crippen LogP contribution in [0.1, 0.15) is 52.1 Å². The molecule has 0 radical (unpaired) electrons. The lowest BCUT2D eigenvalue weighted by atomic mass is 10.1. The zero-order valence-electron chi connectivity index (χ0n) is 13.5. The Morgan fingerprint density at radius 1 is 1.35 bits per heavy atom. The van der Waals surface area contributed by atoms with Gasteiger partial charge in [0, 0.05) is 37.4 Å². The Morgan fingerprint density at radius 2 is 2.05 bits per heavy atom. The van der Waals surface area contributed by atoms with Crippen LogP contribution < -0.4 is 5.32 Å². The van der Waals surface area contributed by atoms with E-state index >= 15 is 0 Å². The van der Waals surface area contributed by atoms with Gasteiger partial charge in [0.05, 0.1) is 12.0 Å². The van der Waals surface area contributed by atoms with Crippen molar-refractivity contribution in [2.45, 2.75) is 71.1 Å². The number of likely N-dealkylation sites (N-methyl/N-ethyl adjacent to an activating group) is 1. The topological polar surface area (TPSA) is 33.1 Å².